The molecule has 1 aliphatic carbocycles. The van der Waals surface area contributed by atoms with Crippen LogP contribution in [0.25, 0.3) is 21.5 Å². The summed E-state index contributed by atoms with van der Waals surface area (Å²) in [6, 6.07) is 36.9. The van der Waals surface area contributed by atoms with Crippen LogP contribution >= 0.6 is 0 Å². The Morgan fingerprint density at radius 1 is 0.667 bits per heavy atom. The molecule has 0 bridgehead atoms. The van der Waals surface area contributed by atoms with Crippen molar-refractivity contribution in [2.75, 3.05) is 0 Å². The number of hydrogen-bond acceptors (Lipinski definition) is 0. The van der Waals surface area contributed by atoms with Crippen LogP contribution in [0, 0.1) is 19.9 Å². The smallest absolute Gasteiger partial charge is 0.0771 e. The Morgan fingerprint density at radius 3 is 1.47 bits per heavy atom. The molecule has 0 saturated heterocycles. The van der Waals surface area contributed by atoms with Crippen LogP contribution in [-0.4, -0.2) is 3.26 Å². The summed E-state index contributed by atoms with van der Waals surface area (Å²) in [7, 11) is 0. The molecule has 0 amide bonds. The van der Waals surface area contributed by atoms with Gasteiger partial charge in [-0.3, -0.25) is 6.08 Å². The molecule has 0 N–H and O–H groups in total. The van der Waals surface area contributed by atoms with Crippen LogP contribution < -0.4 is 24.8 Å². The number of benzene rings is 4. The maximum atomic E-state index is 2.99. The SMILES string of the molecule is Cc1ccc([C](=[Hf+2])c2ccc(C)cc2)cc1.[C-]1=CC=CC1.[Cl-].[Cl-].c1ccc2c(c1)[cH-]c1ccccc12. The van der Waals surface area contributed by atoms with Crippen LogP contribution in [0.2, 0.25) is 0 Å². The average Bonchev–Trinajstić information content (AvgIpc) is 3.57. The monoisotopic (exact) mass is 674 g/mol. The van der Waals surface area contributed by atoms with Crippen LogP contribution in [-0.2, 0) is 23.9 Å². The fraction of sp³-hybridized carbons (Fsp3) is 0.0909. The summed E-state index contributed by atoms with van der Waals surface area (Å²) in [6.07, 6.45) is 10.0. The van der Waals surface area contributed by atoms with E-state index in [0.29, 0.717) is 0 Å². The van der Waals surface area contributed by atoms with E-state index in [0.717, 1.165) is 30.3 Å². The molecule has 1 aliphatic rings. The summed E-state index contributed by atoms with van der Waals surface area (Å²) < 4.78 is 1.47. The topological polar surface area (TPSA) is 0 Å². The van der Waals surface area contributed by atoms with Crippen LogP contribution in [0.5, 0.6) is 0 Å². The fourth-order valence-corrected chi connectivity index (χ4v) is 5.05. The molecule has 0 unspecified atom stereocenters. The first-order valence-electron chi connectivity index (χ1n) is 11.6. The summed E-state index contributed by atoms with van der Waals surface area (Å²) in [4.78, 5) is 0. The molecule has 0 aromatic heterocycles. The molecule has 0 nitrogen and oxygen atoms in total. The largest absolute Gasteiger partial charge is 1.00 e. The molecule has 0 fully saturated rings. The van der Waals surface area contributed by atoms with Crippen LogP contribution in [0.15, 0.2) is 121 Å². The summed E-state index contributed by atoms with van der Waals surface area (Å²) in [6.45, 7) is 4.25. The molecule has 0 aliphatic heterocycles. The zero-order valence-corrected chi connectivity index (χ0v) is 25.6. The van der Waals surface area contributed by atoms with E-state index in [1.807, 2.05) is 12.2 Å². The van der Waals surface area contributed by atoms with E-state index in [1.54, 1.807) is 0 Å². The minimum absolute atomic E-state index is 0. The molecule has 0 atom stereocenters. The minimum atomic E-state index is 0. The van der Waals surface area contributed by atoms with Gasteiger partial charge < -0.3 is 24.8 Å². The van der Waals surface area contributed by atoms with E-state index in [-0.39, 0.29) is 24.8 Å². The third-order valence-electron chi connectivity index (χ3n) is 5.79. The maximum absolute atomic E-state index is 2.99. The molecule has 6 rings (SSSR count). The van der Waals surface area contributed by atoms with Gasteiger partial charge in [0.15, 0.2) is 0 Å². The predicted octanol–water partition coefficient (Wildman–Crippen LogP) is 2.44. The molecule has 36 heavy (non-hydrogen) atoms. The Bertz CT molecular complexity index is 1330. The first kappa shape index (κ1) is 29.8. The molecular formula is C33H28Cl2Hf-2. The van der Waals surface area contributed by atoms with Gasteiger partial charge in [-0.15, -0.1) is 46.2 Å². The fourth-order valence-electron chi connectivity index (χ4n) is 3.85. The Morgan fingerprint density at radius 2 is 1.11 bits per heavy atom. The number of halogens is 2. The third kappa shape index (κ3) is 8.03. The Kier molecular flexibility index (Phi) is 12.4. The second-order valence-corrected chi connectivity index (χ2v) is 10.2. The zero-order chi connectivity index (χ0) is 23.8. The summed E-state index contributed by atoms with van der Waals surface area (Å²) in [5, 5.41) is 5.39. The zero-order valence-electron chi connectivity index (χ0n) is 20.5. The van der Waals surface area contributed by atoms with Gasteiger partial charge in [0.1, 0.15) is 0 Å². The van der Waals surface area contributed by atoms with E-state index in [4.69, 9.17) is 0 Å². The third-order valence-corrected chi connectivity index (χ3v) is 7.86. The van der Waals surface area contributed by atoms with Crippen molar-refractivity contribution in [3.05, 3.63) is 150 Å². The minimum Gasteiger partial charge on any atom is -1.00 e. The normalized spacial score (nSPS) is 11.0. The summed E-state index contributed by atoms with van der Waals surface area (Å²) >= 11 is 1.08. The van der Waals surface area contributed by atoms with Gasteiger partial charge in [0.05, 0.1) is 0 Å². The number of fused-ring (bicyclic) bond motifs is 3. The second kappa shape index (κ2) is 15.0. The molecule has 5 aromatic rings. The van der Waals surface area contributed by atoms with Gasteiger partial charge in [-0.25, -0.2) is 12.2 Å². The van der Waals surface area contributed by atoms with Crippen molar-refractivity contribution < 1.29 is 48.7 Å². The summed E-state index contributed by atoms with van der Waals surface area (Å²) in [5.41, 5.74) is 5.37. The van der Waals surface area contributed by atoms with Gasteiger partial charge in [-0.05, 0) is 0 Å². The molecular weight excluding hydrogens is 646 g/mol. The Hall–Kier alpha value is -2.45. The number of allylic oxidation sites excluding steroid dienone is 4. The first-order valence-corrected chi connectivity index (χ1v) is 13.4. The van der Waals surface area contributed by atoms with Crippen molar-refractivity contribution in [2.45, 2.75) is 20.3 Å². The number of rotatable bonds is 2. The average molecular weight is 674 g/mol. The molecule has 0 saturated carbocycles. The van der Waals surface area contributed by atoms with E-state index in [9.17, 15) is 0 Å². The quantitative estimate of drug-likeness (QED) is 0.200. The molecule has 3 heteroatoms. The van der Waals surface area contributed by atoms with Crippen LogP contribution in [0.1, 0.15) is 28.7 Å². The van der Waals surface area contributed by atoms with Crippen LogP contribution in [0.3, 0.4) is 0 Å². The second-order valence-electron chi connectivity index (χ2n) is 8.43. The molecule has 0 radical (unpaired) electrons. The van der Waals surface area contributed by atoms with E-state index >= 15 is 0 Å². The van der Waals surface area contributed by atoms with E-state index in [2.05, 4.69) is 129 Å². The van der Waals surface area contributed by atoms with E-state index in [1.165, 1.54) is 47.1 Å². The molecule has 0 spiro atoms. The predicted molar refractivity (Wildman–Crippen MR) is 144 cm³/mol. The Labute approximate surface area is 242 Å². The Balaban J connectivity index is 0.000000205. The number of hydrogen-bond donors (Lipinski definition) is 0. The van der Waals surface area contributed by atoms with Gasteiger partial charge in [0.2, 0.25) is 0 Å². The van der Waals surface area contributed by atoms with Gasteiger partial charge in [-0.1, -0.05) is 36.4 Å². The van der Waals surface area contributed by atoms with Crippen molar-refractivity contribution >= 4 is 24.8 Å². The molecule has 0 heterocycles. The van der Waals surface area contributed by atoms with Crippen LogP contribution in [0.4, 0.5) is 0 Å². The standard InChI is InChI=1S/C15H14.C13H9.C5H5.2ClH.Hf/c1-12-3-7-14(8-4-12)11-15-9-5-13(2)6-10-15;1-3-7-12-10(5-1)9-11-6-2-4-8-13(11)12;1-2-4-5-3-1;;;/h3-10H,1-2H3;1-9H;1-3H,4H2;2*1H;/q;2*-1;;;+2/p-2. The number of aryl methyl sites for hydroxylation is 2. The molecule has 180 valence electrons. The van der Waals surface area contributed by atoms with Crippen molar-refractivity contribution in [3.63, 3.8) is 0 Å². The van der Waals surface area contributed by atoms with Crippen molar-refractivity contribution in [3.8, 4) is 0 Å². The van der Waals surface area contributed by atoms with Crippen molar-refractivity contribution in [1.29, 1.82) is 0 Å². The van der Waals surface area contributed by atoms with Gasteiger partial charge >= 0.3 is 112 Å². The molecule has 5 aromatic carbocycles. The van der Waals surface area contributed by atoms with Gasteiger partial charge in [-0.2, -0.15) is 6.08 Å². The first-order chi connectivity index (χ1) is 16.6. The van der Waals surface area contributed by atoms with Gasteiger partial charge in [0, 0.05) is 0 Å². The van der Waals surface area contributed by atoms with Gasteiger partial charge in [0.25, 0.3) is 0 Å². The van der Waals surface area contributed by atoms with Crippen molar-refractivity contribution in [2.24, 2.45) is 0 Å². The van der Waals surface area contributed by atoms with Crippen molar-refractivity contribution in [1.82, 2.24) is 0 Å². The summed E-state index contributed by atoms with van der Waals surface area (Å²) in [5.74, 6) is 0. The maximum Gasteiger partial charge on any atom is -0.0771 e. The van der Waals surface area contributed by atoms with E-state index < -0.39 is 0 Å².